The number of piperidine rings is 1. The molecule has 152 valence electrons. The molecule has 1 amide bonds. The average molecular weight is 430 g/mol. The second kappa shape index (κ2) is 10.0. The topological polar surface area (TPSA) is 83.1 Å². The SMILES string of the molecule is O=C(NCCCN1CCC(Oc2ccc(Cl)c(Cl)c2)CC1)c1n[nH]nc1CF. The molecular weight excluding hydrogens is 408 g/mol. The summed E-state index contributed by atoms with van der Waals surface area (Å²) in [5.41, 5.74) is 0.0457. The maximum absolute atomic E-state index is 12.7. The van der Waals surface area contributed by atoms with E-state index in [-0.39, 0.29) is 17.5 Å². The van der Waals surface area contributed by atoms with Crippen molar-refractivity contribution < 1.29 is 13.9 Å². The van der Waals surface area contributed by atoms with E-state index in [0.29, 0.717) is 16.6 Å². The third-order valence-corrected chi connectivity index (χ3v) is 5.37. The Morgan fingerprint density at radius 2 is 2.07 bits per heavy atom. The molecule has 2 aromatic rings. The molecule has 1 aliphatic heterocycles. The molecule has 0 radical (unpaired) electrons. The first-order chi connectivity index (χ1) is 13.6. The first-order valence-corrected chi connectivity index (χ1v) is 9.90. The van der Waals surface area contributed by atoms with Gasteiger partial charge in [-0.2, -0.15) is 15.4 Å². The number of likely N-dealkylation sites (tertiary alicyclic amines) is 1. The highest BCUT2D eigenvalue weighted by Crippen LogP contribution is 2.28. The number of carbonyl (C=O) groups excluding carboxylic acids is 1. The lowest BCUT2D eigenvalue weighted by Gasteiger charge is -2.32. The Kier molecular flexibility index (Phi) is 7.47. The minimum Gasteiger partial charge on any atom is -0.490 e. The van der Waals surface area contributed by atoms with E-state index >= 15 is 0 Å². The Balaban J connectivity index is 1.33. The summed E-state index contributed by atoms with van der Waals surface area (Å²) in [6, 6.07) is 5.30. The van der Waals surface area contributed by atoms with Gasteiger partial charge >= 0.3 is 0 Å². The first-order valence-electron chi connectivity index (χ1n) is 9.14. The highest BCUT2D eigenvalue weighted by atomic mass is 35.5. The van der Waals surface area contributed by atoms with Gasteiger partial charge in [0.2, 0.25) is 0 Å². The van der Waals surface area contributed by atoms with Crippen molar-refractivity contribution in [2.24, 2.45) is 0 Å². The van der Waals surface area contributed by atoms with E-state index < -0.39 is 12.6 Å². The van der Waals surface area contributed by atoms with Crippen LogP contribution in [0.3, 0.4) is 0 Å². The van der Waals surface area contributed by atoms with Crippen molar-refractivity contribution in [3.8, 4) is 5.75 Å². The van der Waals surface area contributed by atoms with Crippen LogP contribution in [-0.4, -0.2) is 58.5 Å². The number of nitrogens with zero attached hydrogens (tertiary/aromatic N) is 3. The Hall–Kier alpha value is -1.90. The minimum absolute atomic E-state index is 0.0164. The molecule has 10 heteroatoms. The number of benzene rings is 1. The van der Waals surface area contributed by atoms with E-state index in [9.17, 15) is 9.18 Å². The Morgan fingerprint density at radius 1 is 1.29 bits per heavy atom. The number of amides is 1. The van der Waals surface area contributed by atoms with Gasteiger partial charge in [0.25, 0.3) is 5.91 Å². The number of halogens is 3. The van der Waals surface area contributed by atoms with Gasteiger partial charge in [-0.05, 0) is 37.9 Å². The van der Waals surface area contributed by atoms with Gasteiger partial charge in [-0.25, -0.2) is 4.39 Å². The van der Waals surface area contributed by atoms with Crippen LogP contribution in [0.2, 0.25) is 10.0 Å². The number of H-pyrrole nitrogens is 1. The minimum atomic E-state index is -0.821. The molecule has 0 spiro atoms. The second-order valence-electron chi connectivity index (χ2n) is 6.60. The van der Waals surface area contributed by atoms with Crippen LogP contribution in [0.15, 0.2) is 18.2 Å². The van der Waals surface area contributed by atoms with Crippen LogP contribution in [0.4, 0.5) is 4.39 Å². The van der Waals surface area contributed by atoms with Gasteiger partial charge in [-0.1, -0.05) is 23.2 Å². The molecule has 3 rings (SSSR count). The lowest BCUT2D eigenvalue weighted by atomic mass is 10.1. The normalized spacial score (nSPS) is 15.5. The molecule has 2 heterocycles. The molecule has 0 bridgehead atoms. The Morgan fingerprint density at radius 3 is 2.79 bits per heavy atom. The molecule has 28 heavy (non-hydrogen) atoms. The summed E-state index contributed by atoms with van der Waals surface area (Å²) in [6.07, 6.45) is 2.79. The van der Waals surface area contributed by atoms with Crippen molar-refractivity contribution in [1.82, 2.24) is 25.6 Å². The number of aromatic amines is 1. The van der Waals surface area contributed by atoms with Crippen LogP contribution >= 0.6 is 23.2 Å². The summed E-state index contributed by atoms with van der Waals surface area (Å²) in [5.74, 6) is 0.325. The van der Waals surface area contributed by atoms with Crippen LogP contribution in [0.5, 0.6) is 5.75 Å². The van der Waals surface area contributed by atoms with Crippen LogP contribution in [0, 0.1) is 0 Å². The number of nitrogens with one attached hydrogen (secondary N) is 2. The summed E-state index contributed by atoms with van der Waals surface area (Å²) in [4.78, 5) is 14.3. The van der Waals surface area contributed by atoms with Gasteiger partial charge in [-0.15, -0.1) is 0 Å². The maximum atomic E-state index is 12.7. The second-order valence-corrected chi connectivity index (χ2v) is 7.41. The molecular formula is C18H22Cl2FN5O2. The molecule has 0 unspecified atom stereocenters. The van der Waals surface area contributed by atoms with Crippen molar-refractivity contribution >= 4 is 29.1 Å². The van der Waals surface area contributed by atoms with E-state index in [1.54, 1.807) is 12.1 Å². The monoisotopic (exact) mass is 429 g/mol. The fraction of sp³-hybridized carbons (Fsp3) is 0.500. The van der Waals surface area contributed by atoms with Crippen LogP contribution in [0.25, 0.3) is 0 Å². The maximum Gasteiger partial charge on any atom is 0.273 e. The summed E-state index contributed by atoms with van der Waals surface area (Å²) in [7, 11) is 0. The van der Waals surface area contributed by atoms with Gasteiger partial charge in [-0.3, -0.25) is 4.79 Å². The number of alkyl halides is 1. The summed E-state index contributed by atoms with van der Waals surface area (Å²) in [6.45, 7) is 2.40. The zero-order valence-electron chi connectivity index (χ0n) is 15.3. The van der Waals surface area contributed by atoms with E-state index in [4.69, 9.17) is 27.9 Å². The van der Waals surface area contributed by atoms with Crippen molar-refractivity contribution in [2.75, 3.05) is 26.2 Å². The van der Waals surface area contributed by atoms with Crippen LogP contribution < -0.4 is 10.1 Å². The number of rotatable bonds is 8. The molecule has 1 fully saturated rings. The highest BCUT2D eigenvalue weighted by molar-refractivity contribution is 6.42. The van der Waals surface area contributed by atoms with Gasteiger partial charge < -0.3 is 15.0 Å². The van der Waals surface area contributed by atoms with E-state index in [0.717, 1.165) is 44.6 Å². The number of ether oxygens (including phenoxy) is 1. The largest absolute Gasteiger partial charge is 0.490 e. The number of aromatic nitrogens is 3. The number of carbonyl (C=O) groups is 1. The summed E-state index contributed by atoms with van der Waals surface area (Å²) in [5, 5.41) is 13.3. The zero-order valence-corrected chi connectivity index (χ0v) is 16.8. The van der Waals surface area contributed by atoms with E-state index in [2.05, 4.69) is 25.6 Å². The Bertz CT molecular complexity index is 796. The number of hydrogen-bond acceptors (Lipinski definition) is 5. The van der Waals surface area contributed by atoms with Gasteiger partial charge in [0.05, 0.1) is 10.0 Å². The average Bonchev–Trinajstić information content (AvgIpc) is 3.18. The van der Waals surface area contributed by atoms with Gasteiger partial charge in [0.1, 0.15) is 24.2 Å². The third kappa shape index (κ3) is 5.56. The fourth-order valence-electron chi connectivity index (χ4n) is 3.11. The quantitative estimate of drug-likeness (QED) is 0.629. The molecule has 0 aliphatic carbocycles. The standard InChI is InChI=1S/C18H22Cl2FN5O2/c19-14-3-2-13(10-15(14)20)28-12-4-8-26(9-5-12)7-1-6-22-18(27)17-16(11-21)23-25-24-17/h2-3,10,12H,1,4-9,11H2,(H,22,27)(H,23,24,25). The lowest BCUT2D eigenvalue weighted by molar-refractivity contribution is 0.0929. The highest BCUT2D eigenvalue weighted by Gasteiger charge is 2.21. The van der Waals surface area contributed by atoms with Crippen LogP contribution in [0.1, 0.15) is 35.4 Å². The molecule has 0 atom stereocenters. The molecule has 1 aliphatic rings. The predicted molar refractivity (Wildman–Crippen MR) is 105 cm³/mol. The molecule has 1 aromatic heterocycles. The molecule has 1 saturated heterocycles. The Labute approximate surface area is 172 Å². The molecule has 0 saturated carbocycles. The molecule has 2 N–H and O–H groups in total. The zero-order chi connectivity index (χ0) is 19.9. The predicted octanol–water partition coefficient (Wildman–Crippen LogP) is 3.24. The summed E-state index contributed by atoms with van der Waals surface area (Å²) >= 11 is 11.9. The van der Waals surface area contributed by atoms with Crippen molar-refractivity contribution in [1.29, 1.82) is 0 Å². The van der Waals surface area contributed by atoms with Crippen molar-refractivity contribution in [3.05, 3.63) is 39.6 Å². The van der Waals surface area contributed by atoms with Crippen LogP contribution in [-0.2, 0) is 6.67 Å². The third-order valence-electron chi connectivity index (χ3n) is 4.63. The first kappa shape index (κ1) is 20.8. The van der Waals surface area contributed by atoms with Crippen molar-refractivity contribution in [2.45, 2.75) is 32.0 Å². The molecule has 1 aromatic carbocycles. The smallest absolute Gasteiger partial charge is 0.273 e. The fourth-order valence-corrected chi connectivity index (χ4v) is 3.40. The molecule has 7 nitrogen and oxygen atoms in total. The van der Waals surface area contributed by atoms with Gasteiger partial charge in [0, 0.05) is 25.7 Å². The lowest BCUT2D eigenvalue weighted by Crippen LogP contribution is -2.39. The van der Waals surface area contributed by atoms with E-state index in [1.165, 1.54) is 0 Å². The number of hydrogen-bond donors (Lipinski definition) is 2. The summed E-state index contributed by atoms with van der Waals surface area (Å²) < 4.78 is 18.7. The van der Waals surface area contributed by atoms with E-state index in [1.807, 2.05) is 6.07 Å². The van der Waals surface area contributed by atoms with Crippen molar-refractivity contribution in [3.63, 3.8) is 0 Å². The van der Waals surface area contributed by atoms with Gasteiger partial charge in [0.15, 0.2) is 5.69 Å².